The first kappa shape index (κ1) is 27.9. The molecule has 0 aliphatic carbocycles. The SMILES string of the molecule is C=C(NC1CCN(C)CC1)c1ccc(Nc2ncc3c(n2)N(C(CC)CC)C(CC)C(=O)N3C)c(CC)c1. The summed E-state index contributed by atoms with van der Waals surface area (Å²) in [6, 6.07) is 6.92. The summed E-state index contributed by atoms with van der Waals surface area (Å²) in [7, 11) is 4.00. The molecule has 1 fully saturated rings. The lowest BCUT2D eigenvalue weighted by Crippen LogP contribution is -2.56. The molecule has 1 unspecified atom stereocenters. The largest absolute Gasteiger partial charge is 0.382 e. The number of carbonyl (C=O) groups is 1. The summed E-state index contributed by atoms with van der Waals surface area (Å²) in [5.41, 5.74) is 5.03. The van der Waals surface area contributed by atoms with Gasteiger partial charge in [-0.05, 0) is 81.9 Å². The van der Waals surface area contributed by atoms with Gasteiger partial charge in [-0.25, -0.2) is 4.98 Å². The van der Waals surface area contributed by atoms with Crippen molar-refractivity contribution in [2.45, 2.75) is 84.3 Å². The van der Waals surface area contributed by atoms with Crippen LogP contribution in [-0.4, -0.2) is 66.1 Å². The Labute approximate surface area is 228 Å². The zero-order chi connectivity index (χ0) is 27.4. The summed E-state index contributed by atoms with van der Waals surface area (Å²) in [4.78, 5) is 29.1. The third kappa shape index (κ3) is 5.65. The van der Waals surface area contributed by atoms with E-state index in [9.17, 15) is 4.79 Å². The van der Waals surface area contributed by atoms with Crippen molar-refractivity contribution in [1.29, 1.82) is 0 Å². The Kier molecular flexibility index (Phi) is 8.92. The first-order valence-electron chi connectivity index (χ1n) is 14.3. The van der Waals surface area contributed by atoms with E-state index in [0.717, 1.165) is 80.1 Å². The zero-order valence-electron chi connectivity index (χ0n) is 24.0. The highest BCUT2D eigenvalue weighted by molar-refractivity contribution is 6.04. The molecular formula is C30H45N7O. The van der Waals surface area contributed by atoms with Crippen molar-refractivity contribution in [3.8, 4) is 0 Å². The van der Waals surface area contributed by atoms with E-state index in [-0.39, 0.29) is 18.0 Å². The third-order valence-electron chi connectivity index (χ3n) is 8.21. The van der Waals surface area contributed by atoms with Crippen LogP contribution in [0.1, 0.15) is 70.9 Å². The standard InChI is InChI=1S/C30H45N7O/c1-8-21-18-22(20(5)32-23-14-16-35(6)17-15-23)12-13-25(21)33-30-31-19-27-28(34-30)37(24(9-2)10-3)26(11-4)29(38)36(27)7/h12-13,18-19,23-24,26,32H,5,8-11,14-17H2,1-4,6-7H3,(H,31,33,34). The molecule has 2 aromatic rings. The number of amides is 1. The number of rotatable bonds is 10. The van der Waals surface area contributed by atoms with Gasteiger partial charge in [0.25, 0.3) is 0 Å². The number of piperidine rings is 1. The van der Waals surface area contributed by atoms with Gasteiger partial charge in [-0.15, -0.1) is 0 Å². The highest BCUT2D eigenvalue weighted by Gasteiger charge is 2.39. The first-order valence-corrected chi connectivity index (χ1v) is 14.3. The van der Waals surface area contributed by atoms with E-state index in [0.29, 0.717) is 12.0 Å². The molecule has 0 bridgehead atoms. The molecule has 2 N–H and O–H groups in total. The molecule has 2 aliphatic heterocycles. The Morgan fingerprint density at radius 1 is 1.13 bits per heavy atom. The van der Waals surface area contributed by atoms with Gasteiger partial charge in [0.05, 0.1) is 6.20 Å². The lowest BCUT2D eigenvalue weighted by Gasteiger charge is -2.44. The highest BCUT2D eigenvalue weighted by atomic mass is 16.2. The quantitative estimate of drug-likeness (QED) is 0.447. The van der Waals surface area contributed by atoms with Crippen molar-refractivity contribution in [2.24, 2.45) is 0 Å². The van der Waals surface area contributed by atoms with Gasteiger partial charge in [-0.3, -0.25) is 4.79 Å². The van der Waals surface area contributed by atoms with E-state index >= 15 is 0 Å². The highest BCUT2D eigenvalue weighted by Crippen LogP contribution is 2.38. The van der Waals surface area contributed by atoms with Crippen LogP contribution in [-0.2, 0) is 11.2 Å². The maximum atomic E-state index is 13.2. The predicted octanol–water partition coefficient (Wildman–Crippen LogP) is 5.19. The summed E-state index contributed by atoms with van der Waals surface area (Å²) in [6.45, 7) is 15.2. The van der Waals surface area contributed by atoms with Crippen LogP contribution in [0.15, 0.2) is 31.0 Å². The molecule has 4 rings (SSSR count). The lowest BCUT2D eigenvalue weighted by molar-refractivity contribution is -0.120. The number of anilines is 4. The summed E-state index contributed by atoms with van der Waals surface area (Å²) in [5, 5.41) is 7.12. The van der Waals surface area contributed by atoms with Crippen molar-refractivity contribution in [1.82, 2.24) is 20.2 Å². The second-order valence-corrected chi connectivity index (χ2v) is 10.7. The van der Waals surface area contributed by atoms with Crippen molar-refractivity contribution in [2.75, 3.05) is 42.3 Å². The Hall–Kier alpha value is -3.13. The maximum Gasteiger partial charge on any atom is 0.249 e. The van der Waals surface area contributed by atoms with Crippen LogP contribution in [0.2, 0.25) is 0 Å². The second kappa shape index (κ2) is 12.2. The van der Waals surface area contributed by atoms with E-state index in [2.05, 4.69) is 84.9 Å². The minimum Gasteiger partial charge on any atom is -0.382 e. The average Bonchev–Trinajstić information content (AvgIpc) is 2.93. The van der Waals surface area contributed by atoms with Gasteiger partial charge >= 0.3 is 0 Å². The summed E-state index contributed by atoms with van der Waals surface area (Å²) in [5.74, 6) is 1.48. The number of hydrogen-bond acceptors (Lipinski definition) is 7. The van der Waals surface area contributed by atoms with Gasteiger partial charge < -0.3 is 25.3 Å². The summed E-state index contributed by atoms with van der Waals surface area (Å²) < 4.78 is 0. The van der Waals surface area contributed by atoms with E-state index in [1.165, 1.54) is 5.56 Å². The minimum atomic E-state index is -0.214. The van der Waals surface area contributed by atoms with Gasteiger partial charge in [0.2, 0.25) is 11.9 Å². The average molecular weight is 520 g/mol. The topological polar surface area (TPSA) is 76.6 Å². The van der Waals surface area contributed by atoms with Crippen LogP contribution >= 0.6 is 0 Å². The molecule has 38 heavy (non-hydrogen) atoms. The lowest BCUT2D eigenvalue weighted by atomic mass is 10.0. The maximum absolute atomic E-state index is 13.2. The molecule has 1 amide bonds. The van der Waals surface area contributed by atoms with Gasteiger partial charge in [-0.1, -0.05) is 40.3 Å². The van der Waals surface area contributed by atoms with E-state index in [1.807, 2.05) is 7.05 Å². The number of nitrogens with one attached hydrogen (secondary N) is 2. The smallest absolute Gasteiger partial charge is 0.249 e. The van der Waals surface area contributed by atoms with Gasteiger partial charge in [0, 0.05) is 30.5 Å². The number of fused-ring (bicyclic) bond motifs is 1. The fourth-order valence-corrected chi connectivity index (χ4v) is 5.74. The Balaban J connectivity index is 1.58. The normalized spacial score (nSPS) is 18.6. The molecule has 0 saturated carbocycles. The fourth-order valence-electron chi connectivity index (χ4n) is 5.74. The Bertz CT molecular complexity index is 1140. The number of benzene rings is 1. The second-order valence-electron chi connectivity index (χ2n) is 10.7. The number of aromatic nitrogens is 2. The van der Waals surface area contributed by atoms with Gasteiger partial charge in [0.15, 0.2) is 5.82 Å². The molecular weight excluding hydrogens is 474 g/mol. The number of hydrogen-bond donors (Lipinski definition) is 2. The number of likely N-dealkylation sites (N-methyl/N-ethyl adjacent to an activating group) is 1. The number of carbonyl (C=O) groups excluding carboxylic acids is 1. The predicted molar refractivity (Wildman–Crippen MR) is 158 cm³/mol. The fraction of sp³-hybridized carbons (Fsp3) is 0.567. The van der Waals surface area contributed by atoms with Crippen molar-refractivity contribution in [3.63, 3.8) is 0 Å². The Morgan fingerprint density at radius 2 is 1.84 bits per heavy atom. The molecule has 8 heteroatoms. The monoisotopic (exact) mass is 519 g/mol. The van der Waals surface area contributed by atoms with Crippen LogP contribution in [0.25, 0.3) is 5.70 Å². The molecule has 206 valence electrons. The van der Waals surface area contributed by atoms with E-state index in [1.54, 1.807) is 11.1 Å². The molecule has 0 radical (unpaired) electrons. The molecule has 1 aromatic carbocycles. The first-order chi connectivity index (χ1) is 18.3. The van der Waals surface area contributed by atoms with E-state index in [4.69, 9.17) is 4.98 Å². The van der Waals surface area contributed by atoms with Gasteiger partial charge in [0.1, 0.15) is 11.7 Å². The van der Waals surface area contributed by atoms with Crippen LogP contribution in [0.3, 0.4) is 0 Å². The minimum absolute atomic E-state index is 0.106. The van der Waals surface area contributed by atoms with Crippen molar-refractivity contribution in [3.05, 3.63) is 42.1 Å². The molecule has 3 heterocycles. The van der Waals surface area contributed by atoms with Crippen LogP contribution in [0.5, 0.6) is 0 Å². The number of aryl methyl sites for hydroxylation is 1. The van der Waals surface area contributed by atoms with Crippen LogP contribution in [0, 0.1) is 0 Å². The molecule has 2 aliphatic rings. The number of nitrogens with zero attached hydrogens (tertiary/aromatic N) is 5. The summed E-state index contributed by atoms with van der Waals surface area (Å²) in [6.07, 6.45) is 7.57. The van der Waals surface area contributed by atoms with Crippen molar-refractivity contribution >= 4 is 34.7 Å². The van der Waals surface area contributed by atoms with Gasteiger partial charge in [-0.2, -0.15) is 4.98 Å². The Morgan fingerprint density at radius 3 is 2.47 bits per heavy atom. The molecule has 1 atom stereocenters. The molecule has 8 nitrogen and oxygen atoms in total. The van der Waals surface area contributed by atoms with Crippen LogP contribution < -0.4 is 20.4 Å². The summed E-state index contributed by atoms with van der Waals surface area (Å²) >= 11 is 0. The zero-order valence-corrected chi connectivity index (χ0v) is 24.0. The molecule has 0 spiro atoms. The third-order valence-corrected chi connectivity index (χ3v) is 8.21. The molecule has 1 saturated heterocycles. The van der Waals surface area contributed by atoms with Crippen LogP contribution in [0.4, 0.5) is 23.1 Å². The molecule has 1 aromatic heterocycles. The van der Waals surface area contributed by atoms with E-state index < -0.39 is 0 Å². The van der Waals surface area contributed by atoms with Crippen molar-refractivity contribution < 1.29 is 4.79 Å². The number of likely N-dealkylation sites (tertiary alicyclic amines) is 1.